The molecule has 0 saturated heterocycles. The minimum Gasteiger partial charge on any atom is -0.480 e. The smallest absolute Gasteiger partial charge is 0.323 e. The zero-order valence-electron chi connectivity index (χ0n) is 11.9. The van der Waals surface area contributed by atoms with Crippen molar-refractivity contribution in [3.63, 3.8) is 0 Å². The van der Waals surface area contributed by atoms with E-state index in [9.17, 15) is 18.0 Å². The van der Waals surface area contributed by atoms with Gasteiger partial charge in [-0.1, -0.05) is 12.1 Å². The summed E-state index contributed by atoms with van der Waals surface area (Å²) in [6, 6.07) is 6.20. The molecule has 21 heavy (non-hydrogen) atoms. The van der Waals surface area contributed by atoms with Crippen LogP contribution in [0.15, 0.2) is 29.2 Å². The second-order valence-electron chi connectivity index (χ2n) is 4.50. The Kier molecular flexibility index (Phi) is 5.86. The molecular weight excluding hydrogens is 296 g/mol. The third-order valence-electron chi connectivity index (χ3n) is 2.93. The maximum atomic E-state index is 11.7. The molecule has 0 aliphatic carbocycles. The molecule has 0 aromatic heterocycles. The molecule has 1 aromatic carbocycles. The molecule has 1 amide bonds. The van der Waals surface area contributed by atoms with Crippen LogP contribution in [-0.4, -0.2) is 50.9 Å². The summed E-state index contributed by atoms with van der Waals surface area (Å²) in [5, 5.41) is 8.59. The van der Waals surface area contributed by atoms with Gasteiger partial charge in [-0.3, -0.25) is 9.59 Å². The van der Waals surface area contributed by atoms with E-state index < -0.39 is 16.0 Å². The quantitative estimate of drug-likeness (QED) is 0.741. The number of carboxylic acid groups (broad SMARTS) is 1. The molecule has 1 aromatic rings. The van der Waals surface area contributed by atoms with Gasteiger partial charge in [0.2, 0.25) is 15.9 Å². The van der Waals surface area contributed by atoms with E-state index in [0.717, 1.165) is 10.5 Å². The molecule has 0 spiro atoms. The van der Waals surface area contributed by atoms with E-state index in [2.05, 4.69) is 4.72 Å². The summed E-state index contributed by atoms with van der Waals surface area (Å²) >= 11 is 0. The van der Waals surface area contributed by atoms with Crippen LogP contribution in [0.2, 0.25) is 0 Å². The molecule has 0 atom stereocenters. The SMILES string of the molecule is CNS(=O)(=O)c1ccc(CCC(=O)N(C)CC(=O)O)cc1. The highest BCUT2D eigenvalue weighted by Crippen LogP contribution is 2.11. The van der Waals surface area contributed by atoms with Crippen LogP contribution >= 0.6 is 0 Å². The zero-order valence-corrected chi connectivity index (χ0v) is 12.7. The number of carbonyl (C=O) groups excluding carboxylic acids is 1. The van der Waals surface area contributed by atoms with E-state index in [1.807, 2.05) is 0 Å². The number of aryl methyl sites for hydroxylation is 1. The molecule has 0 unspecified atom stereocenters. The average molecular weight is 314 g/mol. The Morgan fingerprint density at radius 2 is 1.81 bits per heavy atom. The molecule has 7 nitrogen and oxygen atoms in total. The zero-order chi connectivity index (χ0) is 16.0. The van der Waals surface area contributed by atoms with E-state index >= 15 is 0 Å². The summed E-state index contributed by atoms with van der Waals surface area (Å²) in [6.07, 6.45) is 0.588. The van der Waals surface area contributed by atoms with Crippen molar-refractivity contribution in [2.45, 2.75) is 17.7 Å². The van der Waals surface area contributed by atoms with Crippen LogP contribution in [0.4, 0.5) is 0 Å². The normalized spacial score (nSPS) is 11.1. The lowest BCUT2D eigenvalue weighted by Crippen LogP contribution is -2.32. The van der Waals surface area contributed by atoms with Gasteiger partial charge in [0.15, 0.2) is 0 Å². The Labute approximate surface area is 123 Å². The first-order valence-corrected chi connectivity index (χ1v) is 7.73. The molecule has 1 rings (SSSR count). The number of nitrogens with zero attached hydrogens (tertiary/aromatic N) is 1. The Hall–Kier alpha value is -1.93. The highest BCUT2D eigenvalue weighted by molar-refractivity contribution is 7.89. The molecule has 0 radical (unpaired) electrons. The van der Waals surface area contributed by atoms with Gasteiger partial charge in [0.25, 0.3) is 0 Å². The van der Waals surface area contributed by atoms with Crippen LogP contribution in [0.25, 0.3) is 0 Å². The van der Waals surface area contributed by atoms with Gasteiger partial charge in [-0.15, -0.1) is 0 Å². The molecular formula is C13H18N2O5S. The second kappa shape index (κ2) is 7.19. The molecule has 0 saturated carbocycles. The highest BCUT2D eigenvalue weighted by atomic mass is 32.2. The van der Waals surface area contributed by atoms with E-state index in [1.165, 1.54) is 26.2 Å². The lowest BCUT2D eigenvalue weighted by molar-refractivity contribution is -0.143. The van der Waals surface area contributed by atoms with Crippen molar-refractivity contribution in [3.05, 3.63) is 29.8 Å². The van der Waals surface area contributed by atoms with Crippen LogP contribution in [0.3, 0.4) is 0 Å². The number of sulfonamides is 1. The van der Waals surface area contributed by atoms with Crippen molar-refractivity contribution < 1.29 is 23.1 Å². The monoisotopic (exact) mass is 314 g/mol. The molecule has 8 heteroatoms. The van der Waals surface area contributed by atoms with Crippen molar-refractivity contribution in [1.29, 1.82) is 0 Å². The number of carbonyl (C=O) groups is 2. The van der Waals surface area contributed by atoms with Crippen molar-refractivity contribution in [3.8, 4) is 0 Å². The van der Waals surface area contributed by atoms with Crippen LogP contribution in [-0.2, 0) is 26.0 Å². The predicted molar refractivity (Wildman–Crippen MR) is 76.3 cm³/mol. The number of hydrogen-bond acceptors (Lipinski definition) is 4. The van der Waals surface area contributed by atoms with E-state index in [1.54, 1.807) is 12.1 Å². The van der Waals surface area contributed by atoms with Crippen molar-refractivity contribution >= 4 is 21.9 Å². The Morgan fingerprint density at radius 3 is 2.29 bits per heavy atom. The molecule has 2 N–H and O–H groups in total. The Morgan fingerprint density at radius 1 is 1.24 bits per heavy atom. The topological polar surface area (TPSA) is 104 Å². The second-order valence-corrected chi connectivity index (χ2v) is 6.38. The lowest BCUT2D eigenvalue weighted by atomic mass is 10.1. The number of nitrogens with one attached hydrogen (secondary N) is 1. The third-order valence-corrected chi connectivity index (χ3v) is 4.36. The number of carboxylic acids is 1. The summed E-state index contributed by atoms with van der Waals surface area (Å²) in [7, 11) is -0.700. The van der Waals surface area contributed by atoms with Gasteiger partial charge in [0.1, 0.15) is 6.54 Å². The average Bonchev–Trinajstić information content (AvgIpc) is 2.44. The van der Waals surface area contributed by atoms with Gasteiger partial charge in [-0.25, -0.2) is 13.1 Å². The van der Waals surface area contributed by atoms with Gasteiger partial charge >= 0.3 is 5.97 Å². The van der Waals surface area contributed by atoms with Gasteiger partial charge in [-0.2, -0.15) is 0 Å². The van der Waals surface area contributed by atoms with Gasteiger partial charge in [-0.05, 0) is 31.2 Å². The Balaban J connectivity index is 2.61. The summed E-state index contributed by atoms with van der Waals surface area (Å²) in [4.78, 5) is 23.5. The fourth-order valence-corrected chi connectivity index (χ4v) is 2.42. The van der Waals surface area contributed by atoms with Crippen molar-refractivity contribution in [2.75, 3.05) is 20.6 Å². The fraction of sp³-hybridized carbons (Fsp3) is 0.385. The summed E-state index contributed by atoms with van der Waals surface area (Å²) < 4.78 is 25.3. The minimum absolute atomic E-state index is 0.156. The van der Waals surface area contributed by atoms with E-state index in [4.69, 9.17) is 5.11 Å². The van der Waals surface area contributed by atoms with Crippen LogP contribution in [0, 0.1) is 0 Å². The Bertz CT molecular complexity index is 610. The molecule has 116 valence electrons. The molecule has 0 heterocycles. The van der Waals surface area contributed by atoms with E-state index in [0.29, 0.717) is 6.42 Å². The number of aliphatic carboxylic acids is 1. The maximum Gasteiger partial charge on any atom is 0.323 e. The number of likely N-dealkylation sites (N-methyl/N-ethyl adjacent to an activating group) is 1. The minimum atomic E-state index is -3.46. The standard InChI is InChI=1S/C13H18N2O5S/c1-14-21(19,20)11-6-3-10(4-7-11)5-8-12(16)15(2)9-13(17)18/h3-4,6-7,14H,5,8-9H2,1-2H3,(H,17,18). The van der Waals surface area contributed by atoms with Gasteiger partial charge in [0, 0.05) is 13.5 Å². The van der Waals surface area contributed by atoms with Crippen LogP contribution in [0.1, 0.15) is 12.0 Å². The summed E-state index contributed by atoms with van der Waals surface area (Å²) in [6.45, 7) is -0.335. The summed E-state index contributed by atoms with van der Waals surface area (Å²) in [5.41, 5.74) is 0.808. The van der Waals surface area contributed by atoms with Crippen molar-refractivity contribution in [2.24, 2.45) is 0 Å². The molecule has 0 aliphatic heterocycles. The molecule has 0 fully saturated rings. The van der Waals surface area contributed by atoms with Gasteiger partial charge in [0.05, 0.1) is 4.90 Å². The third kappa shape index (κ3) is 5.16. The predicted octanol–water partition coefficient (Wildman–Crippen LogP) is 0.0703. The van der Waals surface area contributed by atoms with Crippen LogP contribution in [0.5, 0.6) is 0 Å². The van der Waals surface area contributed by atoms with Crippen LogP contribution < -0.4 is 4.72 Å². The number of amides is 1. The fourth-order valence-electron chi connectivity index (χ4n) is 1.69. The first-order chi connectivity index (χ1) is 9.76. The maximum absolute atomic E-state index is 11.7. The molecule has 0 aliphatic rings. The first kappa shape index (κ1) is 17.1. The van der Waals surface area contributed by atoms with Gasteiger partial charge < -0.3 is 10.0 Å². The number of benzene rings is 1. The highest BCUT2D eigenvalue weighted by Gasteiger charge is 2.13. The van der Waals surface area contributed by atoms with Crippen molar-refractivity contribution in [1.82, 2.24) is 9.62 Å². The molecule has 0 bridgehead atoms. The summed E-state index contributed by atoms with van der Waals surface area (Å²) in [5.74, 6) is -1.34. The van der Waals surface area contributed by atoms with E-state index in [-0.39, 0.29) is 23.8 Å². The first-order valence-electron chi connectivity index (χ1n) is 6.24. The number of hydrogen-bond donors (Lipinski definition) is 2. The number of rotatable bonds is 7. The lowest BCUT2D eigenvalue weighted by Gasteiger charge is -2.14. The largest absolute Gasteiger partial charge is 0.480 e.